The van der Waals surface area contributed by atoms with Crippen molar-refractivity contribution in [3.05, 3.63) is 150 Å². The van der Waals surface area contributed by atoms with Crippen LogP contribution < -0.4 is 4.40 Å². The molecule has 10 rings (SSSR count). The minimum Gasteiger partial charge on any atom is 0 e. The first-order valence-corrected chi connectivity index (χ1v) is 27.0. The van der Waals surface area contributed by atoms with Crippen molar-refractivity contribution in [3.63, 3.8) is 0 Å². The van der Waals surface area contributed by atoms with Crippen LogP contribution in [-0.2, 0) is 20.1 Å². The summed E-state index contributed by atoms with van der Waals surface area (Å²) in [5.74, 6) is 7.86. The fraction of sp³-hybridized carbons (Fsp3) is 0.163. The fourth-order valence-corrected chi connectivity index (χ4v) is 11.6. The zero-order chi connectivity index (χ0) is 41.2. The number of para-hydroxylation sites is 2. The molecule has 5 aromatic carbocycles. The van der Waals surface area contributed by atoms with Crippen molar-refractivity contribution in [2.24, 2.45) is 0 Å². The molecule has 0 aliphatic carbocycles. The summed E-state index contributed by atoms with van der Waals surface area (Å²) >= 11 is -0.390. The molecule has 5 heterocycles. The minimum absolute atomic E-state index is 0. The van der Waals surface area contributed by atoms with E-state index >= 15 is 0 Å². The first-order valence-electron chi connectivity index (χ1n) is 20.4. The van der Waals surface area contributed by atoms with Crippen LogP contribution in [0, 0.1) is 25.9 Å². The number of rotatable bonds is 5. The predicted molar refractivity (Wildman–Crippen MR) is 238 cm³/mol. The molecule has 0 aliphatic heterocycles. The molecule has 285 valence electrons. The van der Waals surface area contributed by atoms with E-state index in [1.54, 1.807) is 6.20 Å². The molecule has 8 heteroatoms. The summed E-state index contributed by atoms with van der Waals surface area (Å²) in [6.45, 7) is 4.56. The third-order valence-electron chi connectivity index (χ3n) is 10.5. The van der Waals surface area contributed by atoms with Crippen LogP contribution in [0.4, 0.5) is 0 Å². The number of hydrogen-bond acceptors (Lipinski definition) is 5. The number of pyridine rings is 2. The second kappa shape index (κ2) is 15.4. The third-order valence-corrected chi connectivity index (χ3v) is 16.0. The number of benzene rings is 5. The molecular formula is C49H42GeIrN4OS-2. The van der Waals surface area contributed by atoms with Gasteiger partial charge in [0, 0.05) is 57.5 Å². The Kier molecular flexibility index (Phi) is 9.55. The molecule has 10 aromatic rings. The van der Waals surface area contributed by atoms with Gasteiger partial charge in [0.1, 0.15) is 0 Å². The van der Waals surface area contributed by atoms with Gasteiger partial charge in [-0.05, 0) is 60.4 Å². The number of furan rings is 1. The molecule has 0 spiro atoms. The van der Waals surface area contributed by atoms with Gasteiger partial charge in [-0.3, -0.25) is 4.98 Å². The molecule has 5 nitrogen and oxygen atoms in total. The smallest absolute Gasteiger partial charge is 0 e. The SMILES string of the molecule is Cc1c(-n2c(-c3[c-]ccc4c3oc3ncccc34)nc3ccccc32)ccc2c1sc1cc(C(C)C)ccc12.[2H]C([2H])([2H])c1nc(-c2[c-]cccc2)cc[c]1[Ge]([CH3])([CH3])[CH3].[Ir]. The van der Waals surface area contributed by atoms with Gasteiger partial charge in [-0.15, -0.1) is 29.5 Å². The van der Waals surface area contributed by atoms with Gasteiger partial charge in [0.15, 0.2) is 0 Å². The van der Waals surface area contributed by atoms with Crippen LogP contribution in [-0.4, -0.2) is 32.8 Å². The summed E-state index contributed by atoms with van der Waals surface area (Å²) in [4.78, 5) is 14.0. The van der Waals surface area contributed by atoms with Crippen LogP contribution in [0.5, 0.6) is 0 Å². The predicted octanol–water partition coefficient (Wildman–Crippen LogP) is 13.0. The number of fused-ring (bicyclic) bond motifs is 7. The molecule has 0 bridgehead atoms. The maximum absolute atomic E-state index is 7.74. The van der Waals surface area contributed by atoms with E-state index in [1.165, 1.54) is 31.3 Å². The van der Waals surface area contributed by atoms with E-state index in [-0.39, 0.29) is 25.8 Å². The zero-order valence-corrected chi connectivity index (χ0v) is 37.9. The van der Waals surface area contributed by atoms with Crippen LogP contribution in [0.3, 0.4) is 0 Å². The molecule has 57 heavy (non-hydrogen) atoms. The van der Waals surface area contributed by atoms with Gasteiger partial charge in [0.25, 0.3) is 0 Å². The standard InChI is InChI=1S/C34H24N3OS.C15H18GeN.Ir/c1-19(2)21-13-14-22-24-15-16-28(20(3)32(24)39-30(22)18-21)37-29-12-5-4-11-27(29)36-33(37)26-9-6-8-23-25-10-7-17-35-34(25)38-31(23)26;1-12-14(16(2,3)4)10-11-15(17-12)13-8-6-5-7-9-13;/h4-8,10-19H,1-3H3;5-8,10-11H,1-4H3;/q2*-1;/i;1D3;. The maximum atomic E-state index is 7.74. The van der Waals surface area contributed by atoms with Crippen LogP contribution in [0.25, 0.3) is 81.6 Å². The minimum atomic E-state index is -2.27. The summed E-state index contributed by atoms with van der Waals surface area (Å²) in [6, 6.07) is 45.6. The quantitative estimate of drug-likeness (QED) is 0.127. The van der Waals surface area contributed by atoms with E-state index in [9.17, 15) is 0 Å². The van der Waals surface area contributed by atoms with Crippen molar-refractivity contribution < 1.29 is 28.6 Å². The van der Waals surface area contributed by atoms with Gasteiger partial charge in [-0.1, -0.05) is 55.1 Å². The number of hydrogen-bond donors (Lipinski definition) is 0. The van der Waals surface area contributed by atoms with Crippen molar-refractivity contribution in [3.8, 4) is 28.3 Å². The van der Waals surface area contributed by atoms with Gasteiger partial charge < -0.3 is 8.98 Å². The molecule has 0 amide bonds. The van der Waals surface area contributed by atoms with Gasteiger partial charge in [0.2, 0.25) is 5.71 Å². The van der Waals surface area contributed by atoms with Crippen molar-refractivity contribution in [2.75, 3.05) is 0 Å². The van der Waals surface area contributed by atoms with Crippen molar-refractivity contribution >= 4 is 82.3 Å². The molecule has 0 atom stereocenters. The normalized spacial score (nSPS) is 12.8. The van der Waals surface area contributed by atoms with E-state index in [4.69, 9.17) is 13.5 Å². The van der Waals surface area contributed by atoms with Gasteiger partial charge in [-0.25, -0.2) is 4.98 Å². The van der Waals surface area contributed by atoms with Crippen molar-refractivity contribution in [1.82, 2.24) is 19.5 Å². The number of thiophene rings is 1. The maximum Gasteiger partial charge on any atom is 0 e. The second-order valence-electron chi connectivity index (χ2n) is 15.5. The third kappa shape index (κ3) is 7.05. The largest absolute Gasteiger partial charge is 0 e. The van der Waals surface area contributed by atoms with E-state index in [0.717, 1.165) is 54.4 Å². The number of nitrogens with zero attached hydrogens (tertiary/aromatic N) is 4. The molecule has 0 aliphatic rings. The molecule has 0 N–H and O–H groups in total. The van der Waals surface area contributed by atoms with Gasteiger partial charge in [-0.2, -0.15) is 0 Å². The Morgan fingerprint density at radius 2 is 1.63 bits per heavy atom. The molecule has 1 radical (unpaired) electrons. The average molecular weight is 1000 g/mol. The van der Waals surface area contributed by atoms with Crippen molar-refractivity contribution in [2.45, 2.75) is 50.8 Å². The number of imidazole rings is 1. The Hall–Kier alpha value is -4.92. The molecule has 0 saturated carbocycles. The van der Waals surface area contributed by atoms with Crippen LogP contribution >= 0.6 is 11.3 Å². The Morgan fingerprint density at radius 1 is 0.807 bits per heavy atom. The summed E-state index contributed by atoms with van der Waals surface area (Å²) in [5, 5.41) is 4.63. The summed E-state index contributed by atoms with van der Waals surface area (Å²) in [7, 11) is 0. The number of aryl methyl sites for hydroxylation is 2. The second-order valence-corrected chi connectivity index (χ2v) is 27.2. The Labute approximate surface area is 357 Å². The summed E-state index contributed by atoms with van der Waals surface area (Å²) in [6.07, 6.45) is 1.76. The summed E-state index contributed by atoms with van der Waals surface area (Å²) in [5.41, 5.74) is 9.69. The zero-order valence-electron chi connectivity index (χ0n) is 35.6. The Balaban J connectivity index is 0.000000202. The van der Waals surface area contributed by atoms with Gasteiger partial charge in [0.05, 0.1) is 22.4 Å². The number of aromatic nitrogens is 4. The fourth-order valence-electron chi connectivity index (χ4n) is 7.53. The van der Waals surface area contributed by atoms with E-state index in [2.05, 4.69) is 113 Å². The van der Waals surface area contributed by atoms with E-state index < -0.39 is 20.1 Å². The first kappa shape index (κ1) is 35.3. The van der Waals surface area contributed by atoms with Crippen LogP contribution in [0.2, 0.25) is 17.3 Å². The monoisotopic (exact) mass is 1000 g/mol. The summed E-state index contributed by atoms with van der Waals surface area (Å²) < 4.78 is 35.4. The van der Waals surface area contributed by atoms with Crippen LogP contribution in [0.15, 0.2) is 126 Å². The Bertz CT molecular complexity index is 3200. The molecule has 5 aromatic heterocycles. The molecular weight excluding hydrogens is 957 g/mol. The molecule has 0 saturated heterocycles. The van der Waals surface area contributed by atoms with Crippen LogP contribution in [0.1, 0.15) is 40.7 Å². The van der Waals surface area contributed by atoms with E-state index in [0.29, 0.717) is 17.3 Å². The van der Waals surface area contributed by atoms with Crippen molar-refractivity contribution in [1.29, 1.82) is 0 Å². The first-order chi connectivity index (χ1) is 28.3. The van der Waals surface area contributed by atoms with Gasteiger partial charge >= 0.3 is 110 Å². The average Bonchev–Trinajstić information content (AvgIpc) is 3.92. The Morgan fingerprint density at radius 3 is 2.42 bits per heavy atom. The van der Waals surface area contributed by atoms with E-state index in [1.807, 2.05) is 78.1 Å². The topological polar surface area (TPSA) is 56.7 Å². The molecule has 0 fully saturated rings. The molecule has 0 unspecified atom stereocenters.